The molecule has 1 aromatic carbocycles. The molecule has 0 amide bonds. The van der Waals surface area contributed by atoms with Gasteiger partial charge < -0.3 is 20.4 Å². The van der Waals surface area contributed by atoms with E-state index in [1.54, 1.807) is 13.8 Å². The van der Waals surface area contributed by atoms with Crippen LogP contribution >= 0.6 is 0 Å². The second-order valence-corrected chi connectivity index (χ2v) is 7.70. The van der Waals surface area contributed by atoms with E-state index < -0.39 is 17.7 Å². The van der Waals surface area contributed by atoms with Gasteiger partial charge in [-0.1, -0.05) is 23.3 Å². The van der Waals surface area contributed by atoms with Gasteiger partial charge in [0.2, 0.25) is 0 Å². The van der Waals surface area contributed by atoms with Gasteiger partial charge in [-0.3, -0.25) is 0 Å². The number of carboxylic acids is 1. The van der Waals surface area contributed by atoms with Gasteiger partial charge in [-0.05, 0) is 83.6 Å². The normalized spacial score (nSPS) is 14.3. The minimum absolute atomic E-state index is 0.102. The molecule has 1 rings (SSSR count). The fourth-order valence-electron chi connectivity index (χ4n) is 2.63. The molecule has 0 heterocycles. The van der Waals surface area contributed by atoms with Crippen molar-refractivity contribution < 1.29 is 25.2 Å². The van der Waals surface area contributed by atoms with E-state index in [-0.39, 0.29) is 11.3 Å². The summed E-state index contributed by atoms with van der Waals surface area (Å²) in [4.78, 5) is 11.0. The number of aliphatic hydroxyl groups excluding tert-OH is 1. The zero-order valence-corrected chi connectivity index (χ0v) is 16.7. The van der Waals surface area contributed by atoms with Gasteiger partial charge in [0.1, 0.15) is 5.75 Å². The largest absolute Gasteiger partial charge is 0.508 e. The topological polar surface area (TPSA) is 98.0 Å². The molecule has 150 valence electrons. The maximum Gasteiger partial charge on any atom is 0.335 e. The molecule has 0 saturated heterocycles. The third kappa shape index (κ3) is 8.41. The average molecular weight is 376 g/mol. The fourth-order valence-corrected chi connectivity index (χ4v) is 2.63. The van der Waals surface area contributed by atoms with Crippen LogP contribution in [0.5, 0.6) is 5.75 Å². The molecule has 5 heteroatoms. The number of benzene rings is 1. The van der Waals surface area contributed by atoms with Gasteiger partial charge in [0.25, 0.3) is 0 Å². The lowest BCUT2D eigenvalue weighted by Crippen LogP contribution is -2.35. The maximum atomic E-state index is 11.0. The van der Waals surface area contributed by atoms with E-state index in [0.29, 0.717) is 18.4 Å². The van der Waals surface area contributed by atoms with Gasteiger partial charge in [-0.15, -0.1) is 0 Å². The molecule has 5 nitrogen and oxygen atoms in total. The van der Waals surface area contributed by atoms with Crippen molar-refractivity contribution >= 4 is 5.97 Å². The third-order valence-corrected chi connectivity index (χ3v) is 4.66. The number of rotatable bonds is 10. The zero-order chi connectivity index (χ0) is 20.6. The number of allylic oxidation sites excluding steroid dienone is 4. The number of aromatic hydroxyl groups is 1. The van der Waals surface area contributed by atoms with Crippen molar-refractivity contribution in [1.29, 1.82) is 0 Å². The average Bonchev–Trinajstić information content (AvgIpc) is 2.57. The SMILES string of the molecule is C/C(=C\Cc1cc(C(=O)O)ccc1O)CC/C=C(\C)CCC(O)C(C)(C)O. The van der Waals surface area contributed by atoms with E-state index in [9.17, 15) is 20.1 Å². The number of carbonyl (C=O) groups is 1. The standard InChI is InChI=1S/C22H32O5/c1-15(6-5-7-16(2)9-13-20(24)22(3,4)27)8-10-17-14-18(21(25)26)11-12-19(17)23/h7-8,11-12,14,20,23-24,27H,5-6,9-10,13H2,1-4H3,(H,25,26)/b15-8+,16-7+. The summed E-state index contributed by atoms with van der Waals surface area (Å²) in [6.07, 6.45) is 6.89. The first-order chi connectivity index (χ1) is 12.5. The Hall–Kier alpha value is -2.11. The van der Waals surface area contributed by atoms with Crippen molar-refractivity contribution in [3.8, 4) is 5.75 Å². The summed E-state index contributed by atoms with van der Waals surface area (Å²) in [5.41, 5.74) is 2.03. The predicted molar refractivity (Wildman–Crippen MR) is 107 cm³/mol. The van der Waals surface area contributed by atoms with Crippen LogP contribution in [0.2, 0.25) is 0 Å². The summed E-state index contributed by atoms with van der Waals surface area (Å²) in [6.45, 7) is 7.24. The summed E-state index contributed by atoms with van der Waals surface area (Å²) >= 11 is 0. The van der Waals surface area contributed by atoms with E-state index in [1.807, 2.05) is 19.9 Å². The summed E-state index contributed by atoms with van der Waals surface area (Å²) in [6, 6.07) is 4.30. The summed E-state index contributed by atoms with van der Waals surface area (Å²) < 4.78 is 0. The lowest BCUT2D eigenvalue weighted by atomic mass is 9.95. The minimum atomic E-state index is -1.08. The number of carboxylic acid groups (broad SMARTS) is 1. The molecule has 1 atom stereocenters. The maximum absolute atomic E-state index is 11.0. The van der Waals surface area contributed by atoms with Crippen molar-refractivity contribution in [2.24, 2.45) is 0 Å². The quantitative estimate of drug-likeness (QED) is 0.458. The highest BCUT2D eigenvalue weighted by Gasteiger charge is 2.23. The van der Waals surface area contributed by atoms with Crippen LogP contribution in [0.4, 0.5) is 0 Å². The van der Waals surface area contributed by atoms with Gasteiger partial charge in [0.05, 0.1) is 17.3 Å². The van der Waals surface area contributed by atoms with Crippen LogP contribution in [0.3, 0.4) is 0 Å². The molecule has 1 aromatic rings. The molecular weight excluding hydrogens is 344 g/mol. The molecule has 0 aliphatic heterocycles. The van der Waals surface area contributed by atoms with Gasteiger partial charge in [-0.2, -0.15) is 0 Å². The highest BCUT2D eigenvalue weighted by Crippen LogP contribution is 2.21. The smallest absolute Gasteiger partial charge is 0.335 e. The molecule has 0 aromatic heterocycles. The molecule has 0 radical (unpaired) electrons. The Bertz CT molecular complexity index is 695. The lowest BCUT2D eigenvalue weighted by molar-refractivity contribution is -0.0509. The Morgan fingerprint density at radius 3 is 2.37 bits per heavy atom. The molecule has 27 heavy (non-hydrogen) atoms. The molecule has 0 aliphatic rings. The van der Waals surface area contributed by atoms with Crippen LogP contribution in [0.15, 0.2) is 41.5 Å². The molecule has 0 spiro atoms. The Kier molecular flexibility index (Phi) is 8.73. The van der Waals surface area contributed by atoms with Gasteiger partial charge in [-0.25, -0.2) is 4.79 Å². The Morgan fingerprint density at radius 1 is 1.15 bits per heavy atom. The van der Waals surface area contributed by atoms with Crippen molar-refractivity contribution in [3.05, 3.63) is 52.6 Å². The summed E-state index contributed by atoms with van der Waals surface area (Å²) in [7, 11) is 0. The Balaban J connectivity index is 2.51. The van der Waals surface area contributed by atoms with Crippen molar-refractivity contribution in [2.45, 2.75) is 71.5 Å². The van der Waals surface area contributed by atoms with E-state index in [4.69, 9.17) is 5.11 Å². The monoisotopic (exact) mass is 376 g/mol. The number of aliphatic hydroxyl groups is 2. The van der Waals surface area contributed by atoms with Crippen molar-refractivity contribution in [2.75, 3.05) is 0 Å². The molecule has 1 unspecified atom stereocenters. The number of hydrogen-bond acceptors (Lipinski definition) is 4. The van der Waals surface area contributed by atoms with Crippen molar-refractivity contribution in [3.63, 3.8) is 0 Å². The Labute approximate surface area is 161 Å². The zero-order valence-electron chi connectivity index (χ0n) is 16.7. The molecule has 0 fully saturated rings. The summed E-state index contributed by atoms with van der Waals surface area (Å²) in [5, 5.41) is 38.5. The minimum Gasteiger partial charge on any atom is -0.508 e. The van der Waals surface area contributed by atoms with E-state index >= 15 is 0 Å². The second kappa shape index (κ2) is 10.3. The first kappa shape index (κ1) is 22.9. The molecule has 0 aliphatic carbocycles. The fraction of sp³-hybridized carbons (Fsp3) is 0.500. The van der Waals surface area contributed by atoms with Crippen LogP contribution in [0.1, 0.15) is 69.3 Å². The van der Waals surface area contributed by atoms with E-state index in [0.717, 1.165) is 24.8 Å². The second-order valence-electron chi connectivity index (χ2n) is 7.70. The number of phenolic OH excluding ortho intramolecular Hbond substituents is 1. The molecular formula is C22H32O5. The molecule has 4 N–H and O–H groups in total. The molecule has 0 saturated carbocycles. The first-order valence-corrected chi connectivity index (χ1v) is 9.27. The van der Waals surface area contributed by atoms with Crippen LogP contribution in [0.25, 0.3) is 0 Å². The lowest BCUT2D eigenvalue weighted by Gasteiger charge is -2.24. The van der Waals surface area contributed by atoms with E-state index in [1.165, 1.54) is 23.8 Å². The highest BCUT2D eigenvalue weighted by molar-refractivity contribution is 5.88. The van der Waals surface area contributed by atoms with Gasteiger partial charge in [0.15, 0.2) is 0 Å². The van der Waals surface area contributed by atoms with Crippen LogP contribution in [0, 0.1) is 0 Å². The number of phenols is 1. The van der Waals surface area contributed by atoms with Gasteiger partial charge in [0, 0.05) is 0 Å². The van der Waals surface area contributed by atoms with Crippen LogP contribution < -0.4 is 0 Å². The highest BCUT2D eigenvalue weighted by atomic mass is 16.4. The van der Waals surface area contributed by atoms with Gasteiger partial charge >= 0.3 is 5.97 Å². The predicted octanol–water partition coefficient (Wildman–Crippen LogP) is 4.22. The van der Waals surface area contributed by atoms with E-state index in [2.05, 4.69) is 6.08 Å². The number of hydrogen-bond donors (Lipinski definition) is 4. The Morgan fingerprint density at radius 2 is 1.78 bits per heavy atom. The van der Waals surface area contributed by atoms with Crippen molar-refractivity contribution in [1.82, 2.24) is 0 Å². The van der Waals surface area contributed by atoms with Crippen LogP contribution in [-0.2, 0) is 6.42 Å². The third-order valence-electron chi connectivity index (χ3n) is 4.66. The number of aromatic carboxylic acids is 1. The van der Waals surface area contributed by atoms with Crippen LogP contribution in [-0.4, -0.2) is 38.1 Å². The first-order valence-electron chi connectivity index (χ1n) is 9.27. The molecule has 0 bridgehead atoms. The summed E-state index contributed by atoms with van der Waals surface area (Å²) in [5.74, 6) is -0.905.